The fourth-order valence-corrected chi connectivity index (χ4v) is 3.23. The molecule has 4 unspecified atom stereocenters. The topological polar surface area (TPSA) is 72.8 Å². The highest BCUT2D eigenvalue weighted by atomic mass is 16.6. The summed E-state index contributed by atoms with van der Waals surface area (Å²) in [6.07, 6.45) is 9.17. The molecule has 4 atom stereocenters. The number of rotatable bonds is 2. The van der Waals surface area contributed by atoms with Crippen molar-refractivity contribution in [3.8, 4) is 0 Å². The van der Waals surface area contributed by atoms with Gasteiger partial charge in [-0.25, -0.2) is 4.79 Å². The van der Waals surface area contributed by atoms with Gasteiger partial charge >= 0.3 is 5.97 Å². The number of carbonyl (C=O) groups excluding carboxylic acids is 2. The summed E-state index contributed by atoms with van der Waals surface area (Å²) in [5.74, 6) is -1.03. The van der Waals surface area contributed by atoms with E-state index < -0.39 is 23.4 Å². The largest absolute Gasteiger partial charge is 0.456 e. The van der Waals surface area contributed by atoms with Crippen LogP contribution in [0.5, 0.6) is 0 Å². The minimum atomic E-state index is -0.854. The van der Waals surface area contributed by atoms with Gasteiger partial charge in [0.1, 0.15) is 11.9 Å². The molecule has 0 radical (unpaired) electrons. The molecule has 0 aromatic heterocycles. The van der Waals surface area contributed by atoms with Crippen LogP contribution in [0.2, 0.25) is 0 Å². The summed E-state index contributed by atoms with van der Waals surface area (Å²) in [5, 5.41) is 10.5. The Bertz CT molecular complexity index is 520. The second-order valence-corrected chi connectivity index (χ2v) is 7.83. The van der Waals surface area contributed by atoms with Crippen LogP contribution in [0.3, 0.4) is 0 Å². The van der Waals surface area contributed by atoms with Crippen molar-refractivity contribution >= 4 is 11.8 Å². The summed E-state index contributed by atoms with van der Waals surface area (Å²) in [6, 6.07) is 0. The van der Waals surface area contributed by atoms with Gasteiger partial charge in [0.2, 0.25) is 0 Å². The molecule has 1 rings (SSSR count). The van der Waals surface area contributed by atoms with Crippen molar-refractivity contribution in [2.45, 2.75) is 65.6 Å². The van der Waals surface area contributed by atoms with Crippen LogP contribution < -0.4 is 0 Å². The van der Waals surface area contributed by atoms with Gasteiger partial charge in [0.15, 0.2) is 0 Å². The molecule has 0 fully saturated rings. The fourth-order valence-electron chi connectivity index (χ4n) is 3.23. The van der Waals surface area contributed by atoms with Gasteiger partial charge in [-0.05, 0) is 39.0 Å². The molecular formula is C21H34O5. The van der Waals surface area contributed by atoms with E-state index in [1.807, 2.05) is 13.0 Å². The first-order valence-electron chi connectivity index (χ1n) is 9.45. The number of hydrogen-bond donors (Lipinski definition) is 1. The number of esters is 1. The Hall–Kier alpha value is -1.46. The predicted octanol–water partition coefficient (Wildman–Crippen LogP) is 3.46. The lowest BCUT2D eigenvalue weighted by molar-refractivity contribution is -0.145. The zero-order valence-corrected chi connectivity index (χ0v) is 16.7. The van der Waals surface area contributed by atoms with Gasteiger partial charge in [-0.1, -0.05) is 32.1 Å². The molecule has 0 spiro atoms. The number of ketones is 1. The quantitative estimate of drug-likeness (QED) is 0.598. The van der Waals surface area contributed by atoms with Crippen molar-refractivity contribution < 1.29 is 24.2 Å². The van der Waals surface area contributed by atoms with Crippen LogP contribution >= 0.6 is 0 Å². The average molecular weight is 366 g/mol. The highest BCUT2D eigenvalue weighted by molar-refractivity contribution is 5.90. The Morgan fingerprint density at radius 1 is 1.27 bits per heavy atom. The molecule has 0 aromatic rings. The smallest absolute Gasteiger partial charge is 0.330 e. The second kappa shape index (κ2) is 10.6. The maximum Gasteiger partial charge on any atom is 0.330 e. The SMILES string of the molecule is COCC1CC=CCCCC(C)C(O)C(C)C(=O)C(C)(C)/C=C/C(=O)O1. The van der Waals surface area contributed by atoms with E-state index in [0.717, 1.165) is 19.3 Å². The van der Waals surface area contributed by atoms with Crippen LogP contribution in [-0.2, 0) is 19.1 Å². The number of aliphatic hydroxyl groups is 1. The molecule has 0 aliphatic carbocycles. The van der Waals surface area contributed by atoms with E-state index in [2.05, 4.69) is 6.08 Å². The van der Waals surface area contributed by atoms with Crippen LogP contribution in [0.25, 0.3) is 0 Å². The monoisotopic (exact) mass is 366 g/mol. The van der Waals surface area contributed by atoms with Gasteiger partial charge < -0.3 is 14.6 Å². The fraction of sp³-hybridized carbons (Fsp3) is 0.714. The number of aliphatic hydroxyl groups excluding tert-OH is 1. The van der Waals surface area contributed by atoms with Crippen LogP contribution in [0.1, 0.15) is 53.4 Å². The minimum absolute atomic E-state index is 0.0428. The molecule has 0 saturated heterocycles. The van der Waals surface area contributed by atoms with E-state index in [-0.39, 0.29) is 17.8 Å². The lowest BCUT2D eigenvalue weighted by atomic mass is 9.76. The molecule has 1 N–H and O–H groups in total. The van der Waals surface area contributed by atoms with E-state index in [0.29, 0.717) is 13.0 Å². The molecule has 0 amide bonds. The van der Waals surface area contributed by atoms with Gasteiger partial charge in [0.25, 0.3) is 0 Å². The summed E-state index contributed by atoms with van der Waals surface area (Å²) in [6.45, 7) is 7.58. The number of cyclic esters (lactones) is 1. The van der Waals surface area contributed by atoms with Crippen LogP contribution in [0.4, 0.5) is 0 Å². The summed E-state index contributed by atoms with van der Waals surface area (Å²) < 4.78 is 10.5. The number of Topliss-reactive ketones (excluding diaryl/α,β-unsaturated/α-hetero) is 1. The number of hydrogen-bond acceptors (Lipinski definition) is 5. The van der Waals surface area contributed by atoms with Gasteiger partial charge in [0.05, 0.1) is 12.7 Å². The van der Waals surface area contributed by atoms with Crippen molar-refractivity contribution in [2.24, 2.45) is 17.3 Å². The van der Waals surface area contributed by atoms with Crippen LogP contribution in [0, 0.1) is 17.3 Å². The van der Waals surface area contributed by atoms with Crippen molar-refractivity contribution in [1.82, 2.24) is 0 Å². The van der Waals surface area contributed by atoms with Crippen LogP contribution in [-0.4, -0.2) is 42.8 Å². The number of methoxy groups -OCH3 is 1. The third kappa shape index (κ3) is 7.04. The Morgan fingerprint density at radius 3 is 2.62 bits per heavy atom. The Kier molecular flexibility index (Phi) is 9.23. The lowest BCUT2D eigenvalue weighted by Crippen LogP contribution is -2.38. The normalized spacial score (nSPS) is 32.8. The third-order valence-corrected chi connectivity index (χ3v) is 5.01. The maximum absolute atomic E-state index is 12.8. The number of allylic oxidation sites excluding steroid dienone is 2. The van der Waals surface area contributed by atoms with Crippen molar-refractivity contribution in [1.29, 1.82) is 0 Å². The van der Waals surface area contributed by atoms with E-state index in [1.165, 1.54) is 6.08 Å². The molecule has 0 aromatic carbocycles. The molecular weight excluding hydrogens is 332 g/mol. The molecule has 1 aliphatic rings. The van der Waals surface area contributed by atoms with Crippen LogP contribution in [0.15, 0.2) is 24.3 Å². The highest BCUT2D eigenvalue weighted by Crippen LogP contribution is 2.28. The third-order valence-electron chi connectivity index (χ3n) is 5.01. The zero-order chi connectivity index (χ0) is 19.7. The van der Waals surface area contributed by atoms with E-state index >= 15 is 0 Å². The average Bonchev–Trinajstić information content (AvgIpc) is 2.60. The van der Waals surface area contributed by atoms with Crippen molar-refractivity contribution in [2.75, 3.05) is 13.7 Å². The molecule has 1 heterocycles. The lowest BCUT2D eigenvalue weighted by Gasteiger charge is -2.29. The van der Waals surface area contributed by atoms with Crippen molar-refractivity contribution in [3.05, 3.63) is 24.3 Å². The van der Waals surface area contributed by atoms with Gasteiger partial charge in [-0.15, -0.1) is 0 Å². The van der Waals surface area contributed by atoms with E-state index in [4.69, 9.17) is 9.47 Å². The maximum atomic E-state index is 12.8. The molecule has 5 heteroatoms. The summed E-state index contributed by atoms with van der Waals surface area (Å²) in [7, 11) is 1.57. The minimum Gasteiger partial charge on any atom is -0.456 e. The molecule has 148 valence electrons. The van der Waals surface area contributed by atoms with Crippen molar-refractivity contribution in [3.63, 3.8) is 0 Å². The summed E-state index contributed by atoms with van der Waals surface area (Å²) >= 11 is 0. The molecule has 26 heavy (non-hydrogen) atoms. The molecule has 5 nitrogen and oxygen atoms in total. The van der Waals surface area contributed by atoms with E-state index in [1.54, 1.807) is 34.0 Å². The Balaban J connectivity index is 3.00. The van der Waals surface area contributed by atoms with Gasteiger partial charge in [0, 0.05) is 30.9 Å². The van der Waals surface area contributed by atoms with E-state index in [9.17, 15) is 14.7 Å². The Labute approximate surface area is 157 Å². The molecule has 0 bridgehead atoms. The summed E-state index contributed by atoms with van der Waals surface area (Å²) in [4.78, 5) is 24.9. The molecule has 1 aliphatic heterocycles. The van der Waals surface area contributed by atoms with Gasteiger partial charge in [-0.2, -0.15) is 0 Å². The first-order valence-corrected chi connectivity index (χ1v) is 9.45. The standard InChI is InChI=1S/C21H34O5/c1-15-10-8-6-7-9-11-17(14-25-5)26-18(22)12-13-21(3,4)20(24)16(2)19(15)23/h7,9,12-13,15-17,19,23H,6,8,10-11,14H2,1-5H3/b9-7?,13-12+. The Morgan fingerprint density at radius 2 is 1.96 bits per heavy atom. The molecule has 0 saturated carbocycles. The summed E-state index contributed by atoms with van der Waals surface area (Å²) in [5.41, 5.74) is -0.854. The highest BCUT2D eigenvalue weighted by Gasteiger charge is 2.35. The number of carbonyl (C=O) groups is 2. The predicted molar refractivity (Wildman–Crippen MR) is 102 cm³/mol. The van der Waals surface area contributed by atoms with Gasteiger partial charge in [-0.3, -0.25) is 4.79 Å². The first-order chi connectivity index (χ1) is 12.2. The number of ether oxygens (including phenoxy) is 2. The first kappa shape index (κ1) is 22.6. The second-order valence-electron chi connectivity index (χ2n) is 7.83. The zero-order valence-electron chi connectivity index (χ0n) is 16.7.